The Morgan fingerprint density at radius 2 is 1.96 bits per heavy atom. The second-order valence-corrected chi connectivity index (χ2v) is 6.15. The number of aromatic nitrogens is 2. The van der Waals surface area contributed by atoms with E-state index in [0.717, 1.165) is 13.1 Å². The number of halogens is 1. The Labute approximate surface area is 150 Å². The number of hydrogen-bond donors (Lipinski definition) is 2. The molecule has 0 saturated carbocycles. The van der Waals surface area contributed by atoms with Gasteiger partial charge in [0.1, 0.15) is 17.3 Å². The monoisotopic (exact) mass is 360 g/mol. The first-order chi connectivity index (χ1) is 12.6. The van der Waals surface area contributed by atoms with Gasteiger partial charge in [-0.25, -0.2) is 4.39 Å². The Bertz CT molecular complexity index is 754. The molecule has 0 atom stereocenters. The average Bonchev–Trinajstić information content (AvgIpc) is 3.11. The van der Waals surface area contributed by atoms with E-state index in [1.165, 1.54) is 30.5 Å². The van der Waals surface area contributed by atoms with Crippen LogP contribution >= 0.6 is 0 Å². The van der Waals surface area contributed by atoms with Crippen molar-refractivity contribution in [2.24, 2.45) is 0 Å². The van der Waals surface area contributed by atoms with E-state index in [-0.39, 0.29) is 23.7 Å². The molecule has 2 heterocycles. The Morgan fingerprint density at radius 3 is 2.69 bits per heavy atom. The summed E-state index contributed by atoms with van der Waals surface area (Å²) in [7, 11) is 0. The molecule has 0 aliphatic carbocycles. The molecule has 0 spiro atoms. The van der Waals surface area contributed by atoms with Crippen molar-refractivity contribution in [3.63, 3.8) is 0 Å². The molecule has 1 aromatic heterocycles. The molecule has 0 radical (unpaired) electrons. The fourth-order valence-electron chi connectivity index (χ4n) is 2.78. The Morgan fingerprint density at radius 1 is 1.23 bits per heavy atom. The van der Waals surface area contributed by atoms with Gasteiger partial charge < -0.3 is 10.1 Å². The summed E-state index contributed by atoms with van der Waals surface area (Å²) in [5.41, 5.74) is 1.27. The second kappa shape index (κ2) is 8.68. The van der Waals surface area contributed by atoms with Gasteiger partial charge in [0.15, 0.2) is 0 Å². The van der Waals surface area contributed by atoms with E-state index in [9.17, 15) is 14.0 Å². The zero-order chi connectivity index (χ0) is 18.4. The van der Waals surface area contributed by atoms with Gasteiger partial charge in [-0.2, -0.15) is 5.10 Å². The van der Waals surface area contributed by atoms with Gasteiger partial charge in [-0.3, -0.25) is 19.6 Å². The lowest BCUT2D eigenvalue weighted by atomic mass is 10.1. The quantitative estimate of drug-likeness (QED) is 0.784. The predicted octanol–water partition coefficient (Wildman–Crippen LogP) is 1.63. The molecule has 3 rings (SSSR count). The summed E-state index contributed by atoms with van der Waals surface area (Å²) in [5, 5.41) is 9.17. The number of nitrogens with one attached hydrogen (secondary N) is 2. The third-order valence-electron chi connectivity index (χ3n) is 4.25. The average molecular weight is 360 g/mol. The minimum absolute atomic E-state index is 0.0497. The standard InChI is InChI=1S/C18H21FN4O3/c19-14-1-3-15(4-2-14)21-18(25)17-13(12-20-22-17)11-16(24)5-6-23-7-9-26-10-8-23/h1-4,12H,5-11H2,(H,20,22)(H,21,25). The lowest BCUT2D eigenvalue weighted by molar-refractivity contribution is -0.119. The van der Waals surface area contributed by atoms with Crippen molar-refractivity contribution < 1.29 is 18.7 Å². The number of anilines is 1. The van der Waals surface area contributed by atoms with Gasteiger partial charge in [-0.05, 0) is 24.3 Å². The van der Waals surface area contributed by atoms with Crippen LogP contribution in [0.15, 0.2) is 30.5 Å². The number of carbonyl (C=O) groups excluding carboxylic acids is 2. The Balaban J connectivity index is 1.54. The maximum absolute atomic E-state index is 12.9. The molecule has 138 valence electrons. The number of aromatic amines is 1. The van der Waals surface area contributed by atoms with E-state index in [1.807, 2.05) is 0 Å². The number of morpholine rings is 1. The van der Waals surface area contributed by atoms with Gasteiger partial charge in [0.2, 0.25) is 0 Å². The first-order valence-corrected chi connectivity index (χ1v) is 8.53. The van der Waals surface area contributed by atoms with Crippen molar-refractivity contribution in [2.75, 3.05) is 38.2 Å². The van der Waals surface area contributed by atoms with E-state index < -0.39 is 5.91 Å². The number of H-pyrrole nitrogens is 1. The first kappa shape index (κ1) is 18.2. The molecule has 26 heavy (non-hydrogen) atoms. The summed E-state index contributed by atoms with van der Waals surface area (Å²) in [4.78, 5) is 26.8. The number of nitrogens with zero attached hydrogens (tertiary/aromatic N) is 2. The zero-order valence-corrected chi connectivity index (χ0v) is 14.3. The molecule has 0 bridgehead atoms. The lowest BCUT2D eigenvalue weighted by Gasteiger charge is -2.26. The van der Waals surface area contributed by atoms with E-state index in [4.69, 9.17) is 4.74 Å². The summed E-state index contributed by atoms with van der Waals surface area (Å²) >= 11 is 0. The third kappa shape index (κ3) is 4.96. The minimum atomic E-state index is -0.412. The molecule has 0 unspecified atom stereocenters. The number of carbonyl (C=O) groups is 2. The zero-order valence-electron chi connectivity index (χ0n) is 14.3. The normalized spacial score (nSPS) is 15.0. The Hall–Kier alpha value is -2.58. The smallest absolute Gasteiger partial charge is 0.273 e. The SMILES string of the molecule is O=C(CCN1CCOCC1)Cc1cn[nH]c1C(=O)Nc1ccc(F)cc1. The molecular weight excluding hydrogens is 339 g/mol. The van der Waals surface area contributed by atoms with Gasteiger partial charge in [0.25, 0.3) is 5.91 Å². The highest BCUT2D eigenvalue weighted by Crippen LogP contribution is 2.13. The number of benzene rings is 1. The first-order valence-electron chi connectivity index (χ1n) is 8.53. The molecule has 8 heteroatoms. The highest BCUT2D eigenvalue weighted by atomic mass is 19.1. The molecule has 2 aromatic rings. The van der Waals surface area contributed by atoms with E-state index in [0.29, 0.717) is 37.4 Å². The van der Waals surface area contributed by atoms with Crippen molar-refractivity contribution in [2.45, 2.75) is 12.8 Å². The molecule has 1 saturated heterocycles. The van der Waals surface area contributed by atoms with E-state index in [1.54, 1.807) is 0 Å². The van der Waals surface area contributed by atoms with Crippen LogP contribution in [0.2, 0.25) is 0 Å². The van der Waals surface area contributed by atoms with Crippen molar-refractivity contribution in [1.29, 1.82) is 0 Å². The highest BCUT2D eigenvalue weighted by molar-refractivity contribution is 6.04. The van der Waals surface area contributed by atoms with Gasteiger partial charge >= 0.3 is 0 Å². The van der Waals surface area contributed by atoms with Gasteiger partial charge in [-0.1, -0.05) is 0 Å². The number of hydrogen-bond acceptors (Lipinski definition) is 5. The second-order valence-electron chi connectivity index (χ2n) is 6.15. The van der Waals surface area contributed by atoms with Crippen LogP contribution in [0.1, 0.15) is 22.5 Å². The fourth-order valence-corrected chi connectivity index (χ4v) is 2.78. The maximum Gasteiger partial charge on any atom is 0.273 e. The summed E-state index contributed by atoms with van der Waals surface area (Å²) < 4.78 is 18.2. The summed E-state index contributed by atoms with van der Waals surface area (Å²) in [6.45, 7) is 3.76. The summed E-state index contributed by atoms with van der Waals surface area (Å²) in [6.07, 6.45) is 2.06. The van der Waals surface area contributed by atoms with Crippen LogP contribution in [0, 0.1) is 5.82 Å². The number of ether oxygens (including phenoxy) is 1. The summed E-state index contributed by atoms with van der Waals surface area (Å²) in [6, 6.07) is 5.46. The minimum Gasteiger partial charge on any atom is -0.379 e. The molecular formula is C18H21FN4O3. The molecule has 1 aliphatic heterocycles. The molecule has 1 aliphatic rings. The van der Waals surface area contributed by atoms with Crippen LogP contribution in [-0.4, -0.2) is 59.6 Å². The van der Waals surface area contributed by atoms with Crippen molar-refractivity contribution in [3.8, 4) is 0 Å². The van der Waals surface area contributed by atoms with E-state index in [2.05, 4.69) is 20.4 Å². The molecule has 7 nitrogen and oxygen atoms in total. The van der Waals surface area contributed by atoms with Crippen LogP contribution < -0.4 is 5.32 Å². The topological polar surface area (TPSA) is 87.3 Å². The van der Waals surface area contributed by atoms with Crippen molar-refractivity contribution in [1.82, 2.24) is 15.1 Å². The number of rotatable bonds is 7. The van der Waals surface area contributed by atoms with Gasteiger partial charge in [0.05, 0.1) is 19.4 Å². The largest absolute Gasteiger partial charge is 0.379 e. The molecule has 1 amide bonds. The lowest BCUT2D eigenvalue weighted by Crippen LogP contribution is -2.37. The predicted molar refractivity (Wildman–Crippen MR) is 93.5 cm³/mol. The molecule has 1 fully saturated rings. The molecule has 1 aromatic carbocycles. The third-order valence-corrected chi connectivity index (χ3v) is 4.25. The Kier molecular flexibility index (Phi) is 6.08. The maximum atomic E-state index is 12.9. The number of ketones is 1. The fraction of sp³-hybridized carbons (Fsp3) is 0.389. The van der Waals surface area contributed by atoms with Crippen molar-refractivity contribution >= 4 is 17.4 Å². The molecule has 2 N–H and O–H groups in total. The number of amides is 1. The van der Waals surface area contributed by atoms with Crippen LogP contribution in [0.25, 0.3) is 0 Å². The highest BCUT2D eigenvalue weighted by Gasteiger charge is 2.18. The van der Waals surface area contributed by atoms with Gasteiger partial charge in [-0.15, -0.1) is 0 Å². The van der Waals surface area contributed by atoms with Gasteiger partial charge in [0, 0.05) is 43.7 Å². The van der Waals surface area contributed by atoms with Crippen LogP contribution in [0.4, 0.5) is 10.1 Å². The van der Waals surface area contributed by atoms with Crippen molar-refractivity contribution in [3.05, 3.63) is 47.5 Å². The van der Waals surface area contributed by atoms with Crippen LogP contribution in [0.3, 0.4) is 0 Å². The number of Topliss-reactive ketones (excluding diaryl/α,β-unsaturated/α-hetero) is 1. The summed E-state index contributed by atoms with van der Waals surface area (Å²) in [5.74, 6) is -0.741. The van der Waals surface area contributed by atoms with Crippen LogP contribution in [-0.2, 0) is 16.0 Å². The van der Waals surface area contributed by atoms with E-state index >= 15 is 0 Å². The van der Waals surface area contributed by atoms with Crippen LogP contribution in [0.5, 0.6) is 0 Å².